The number of nitrogens with two attached hydrogens (primary N) is 1. The van der Waals surface area contributed by atoms with Crippen LogP contribution in [0.15, 0.2) is 35.0 Å². The molecule has 4 N–H and O–H groups in total. The Labute approximate surface area is 444 Å². The lowest BCUT2D eigenvalue weighted by atomic mass is 9.78. The van der Waals surface area contributed by atoms with Crippen molar-refractivity contribution in [1.82, 2.24) is 25.1 Å². The van der Waals surface area contributed by atoms with Crippen LogP contribution in [0.4, 0.5) is 5.69 Å². The number of nitrogens with zero attached hydrogens (tertiary/aromatic N) is 5. The van der Waals surface area contributed by atoms with E-state index < -0.39 is 17.7 Å². The first-order valence-electron chi connectivity index (χ1n) is 26.2. The van der Waals surface area contributed by atoms with Crippen LogP contribution in [-0.2, 0) is 76.2 Å². The lowest BCUT2D eigenvalue weighted by Crippen LogP contribution is -2.59. The van der Waals surface area contributed by atoms with Crippen molar-refractivity contribution in [2.75, 3.05) is 185 Å². The maximum atomic E-state index is 13.5. The number of hydrogen-bond donors (Lipinski definition) is 2. The van der Waals surface area contributed by atoms with Crippen LogP contribution >= 0.6 is 0 Å². The molecule has 6 amide bonds. The molecule has 0 aromatic carbocycles. The first kappa shape index (κ1) is 61.5. The van der Waals surface area contributed by atoms with Gasteiger partial charge in [-0.25, -0.2) is 15.0 Å². The van der Waals surface area contributed by atoms with Gasteiger partial charge in [0.2, 0.25) is 17.5 Å². The second kappa shape index (κ2) is 35.2. The monoisotopic (exact) mass is 1080 g/mol. The van der Waals surface area contributed by atoms with Gasteiger partial charge in [0.25, 0.3) is 23.6 Å². The predicted octanol–water partition coefficient (Wildman–Crippen LogP) is -0.262. The number of rotatable bonds is 41. The number of hydroxylamine groups is 2. The van der Waals surface area contributed by atoms with Gasteiger partial charge in [0.15, 0.2) is 6.20 Å². The molecule has 5 heterocycles. The Balaban J connectivity index is 0.735. The number of hydrogen-bond acceptors (Lipinski definition) is 19. The fraction of sp³-hybridized carbons (Fsp3) is 0.686. The minimum atomic E-state index is -0.500. The maximum Gasteiger partial charge on any atom is 0.274 e. The van der Waals surface area contributed by atoms with Gasteiger partial charge in [-0.3, -0.25) is 38.5 Å². The van der Waals surface area contributed by atoms with Gasteiger partial charge < -0.3 is 68.2 Å². The summed E-state index contributed by atoms with van der Waals surface area (Å²) in [5.74, 6) is -1.54. The number of aromatic amines is 1. The number of nitrogens with one attached hydrogen (secondary N) is 2. The summed E-state index contributed by atoms with van der Waals surface area (Å²) in [5, 5.41) is 3.94. The minimum absolute atomic E-state index is 0.0361. The number of H-pyrrole nitrogens is 1. The van der Waals surface area contributed by atoms with Crippen LogP contribution in [-0.4, -0.2) is 246 Å². The molecule has 2 saturated heterocycles. The molecule has 1 spiro atoms. The number of aromatic nitrogens is 1. The third-order valence-electron chi connectivity index (χ3n) is 12.1. The molecular weight excluding hydrogens is 997 g/mol. The summed E-state index contributed by atoms with van der Waals surface area (Å²) in [7, 11) is 0. The molecule has 0 radical (unpaired) electrons. The summed E-state index contributed by atoms with van der Waals surface area (Å²) >= 11 is 0. The number of fused-ring (bicyclic) bond motifs is 1. The number of ether oxygens (including phenoxy) is 10. The molecule has 25 nitrogen and oxygen atoms in total. The van der Waals surface area contributed by atoms with E-state index in [2.05, 4.69) is 15.3 Å². The number of aliphatic imine (C=N–C) groups is 1. The topological polar surface area (TPSA) is 281 Å². The number of amides is 6. The maximum absolute atomic E-state index is 13.5. The van der Waals surface area contributed by atoms with E-state index in [9.17, 15) is 28.8 Å². The second-order valence-electron chi connectivity index (χ2n) is 18.0. The van der Waals surface area contributed by atoms with Crippen LogP contribution in [0.3, 0.4) is 0 Å². The smallest absolute Gasteiger partial charge is 0.274 e. The number of amidine groups is 1. The van der Waals surface area contributed by atoms with Crippen molar-refractivity contribution in [3.05, 3.63) is 41.2 Å². The zero-order valence-electron chi connectivity index (χ0n) is 44.3. The van der Waals surface area contributed by atoms with Gasteiger partial charge in [0, 0.05) is 74.9 Å². The fourth-order valence-electron chi connectivity index (χ4n) is 8.27. The molecule has 76 heavy (non-hydrogen) atoms. The zero-order valence-corrected chi connectivity index (χ0v) is 44.3. The molecule has 4 aliphatic rings. The summed E-state index contributed by atoms with van der Waals surface area (Å²) in [5.41, 5.74) is 8.04. The summed E-state index contributed by atoms with van der Waals surface area (Å²) in [6, 6.07) is 1.69. The molecule has 4 aliphatic heterocycles. The quantitative estimate of drug-likeness (QED) is 0.0485. The van der Waals surface area contributed by atoms with Crippen molar-refractivity contribution < 1.29 is 86.0 Å². The molecule has 0 unspecified atom stereocenters. The highest BCUT2D eigenvalue weighted by Gasteiger charge is 2.50. The van der Waals surface area contributed by atoms with Crippen molar-refractivity contribution >= 4 is 53.0 Å². The number of carbonyl (C=O) groups is 6. The highest BCUT2D eigenvalue weighted by atomic mass is 16.7. The molecule has 0 aliphatic carbocycles. The first-order valence-corrected chi connectivity index (χ1v) is 26.2. The molecule has 1 aromatic rings. The lowest BCUT2D eigenvalue weighted by Gasteiger charge is -2.47. The Morgan fingerprint density at radius 3 is 1.68 bits per heavy atom. The summed E-state index contributed by atoms with van der Waals surface area (Å²) in [4.78, 5) is 92.2. The standard InChI is InChI=1S/C51H78N8O17/c1-3-10-59(76-4-2)50(65)40-32-42-43(55-44(52)34-40)33-41(35-54-42)49(64)57-38-51(39-57)8-11-56(37-51)46(61)7-12-66-14-16-68-18-20-70-22-24-72-26-28-74-30-31-75-29-27-73-25-23-71-21-19-69-17-15-67-13-9-53-45(60)36-58-47(62)5-6-48(58)63/h5-6,32-33,35H,3-4,7-31,34,36-39H2,1-2H3,(H2,52,55)(H,53,60)/p+1. The summed E-state index contributed by atoms with van der Waals surface area (Å²) in [6.45, 7) is 15.1. The van der Waals surface area contributed by atoms with Crippen molar-refractivity contribution in [2.45, 2.75) is 39.5 Å². The molecular formula is C51H79N8O17+. The van der Waals surface area contributed by atoms with Crippen LogP contribution in [0.25, 0.3) is 6.08 Å². The number of carbonyl (C=O) groups excluding carboxylic acids is 6. The van der Waals surface area contributed by atoms with E-state index in [4.69, 9.17) is 57.9 Å². The van der Waals surface area contributed by atoms with E-state index in [0.29, 0.717) is 187 Å². The lowest BCUT2D eigenvalue weighted by molar-refractivity contribution is -0.380. The second-order valence-corrected chi connectivity index (χ2v) is 18.0. The van der Waals surface area contributed by atoms with Crippen LogP contribution in [0.2, 0.25) is 0 Å². The number of likely N-dealkylation sites (tertiary alicyclic amines) is 2. The zero-order chi connectivity index (χ0) is 54.2. The van der Waals surface area contributed by atoms with Crippen LogP contribution < -0.4 is 16.0 Å². The Kier molecular flexibility index (Phi) is 28.5. The Morgan fingerprint density at radius 2 is 1.18 bits per heavy atom. The van der Waals surface area contributed by atoms with E-state index in [1.54, 1.807) is 23.2 Å². The average molecular weight is 1080 g/mol. The normalized spacial score (nSPS) is 15.7. The summed E-state index contributed by atoms with van der Waals surface area (Å²) in [6.07, 6.45) is 7.62. The van der Waals surface area contributed by atoms with Crippen LogP contribution in [0.1, 0.15) is 55.6 Å². The SMILES string of the molecule is CCCN(OCC)C(=O)C1=Cc2[nH+]cc(C(=O)N3CC4(CCN(C(=O)CCOCCOCCOCCOCCOCCOCCOCCOCCOCCOCCNC(=O)CN5C(=O)C=CC5=O)C4)C3)cc2N=C(N)C1. The van der Waals surface area contributed by atoms with E-state index in [-0.39, 0.29) is 61.5 Å². The first-order chi connectivity index (χ1) is 37.0. The molecule has 2 fully saturated rings. The van der Waals surface area contributed by atoms with Gasteiger partial charge in [-0.1, -0.05) is 6.92 Å². The van der Waals surface area contributed by atoms with Gasteiger partial charge in [-0.05, 0) is 25.8 Å². The molecule has 1 aromatic heterocycles. The Hall–Kier alpha value is -5.32. The van der Waals surface area contributed by atoms with E-state index >= 15 is 0 Å². The predicted molar refractivity (Wildman–Crippen MR) is 272 cm³/mol. The van der Waals surface area contributed by atoms with E-state index in [0.717, 1.165) is 29.9 Å². The van der Waals surface area contributed by atoms with Crippen molar-refractivity contribution in [1.29, 1.82) is 0 Å². The molecule has 0 saturated carbocycles. The highest BCUT2D eigenvalue weighted by Crippen LogP contribution is 2.40. The largest absolute Gasteiger partial charge is 0.387 e. The van der Waals surface area contributed by atoms with Gasteiger partial charge in [-0.15, -0.1) is 0 Å². The Morgan fingerprint density at radius 1 is 0.697 bits per heavy atom. The highest BCUT2D eigenvalue weighted by molar-refractivity contribution is 6.14. The molecule has 25 heteroatoms. The van der Waals surface area contributed by atoms with Crippen LogP contribution in [0.5, 0.6) is 0 Å². The van der Waals surface area contributed by atoms with Gasteiger partial charge in [0.05, 0.1) is 145 Å². The minimum Gasteiger partial charge on any atom is -0.387 e. The average Bonchev–Trinajstić information content (AvgIpc) is 3.94. The van der Waals surface area contributed by atoms with Gasteiger partial charge >= 0.3 is 0 Å². The summed E-state index contributed by atoms with van der Waals surface area (Å²) < 4.78 is 55.1. The molecule has 0 atom stereocenters. The van der Waals surface area contributed by atoms with E-state index in [1.165, 1.54) is 5.06 Å². The number of imide groups is 1. The molecule has 424 valence electrons. The molecule has 0 bridgehead atoms. The third kappa shape index (κ3) is 22.0. The Bertz CT molecular complexity index is 2060. The van der Waals surface area contributed by atoms with Crippen molar-refractivity contribution in [3.8, 4) is 0 Å². The van der Waals surface area contributed by atoms with Gasteiger partial charge in [-0.2, -0.15) is 0 Å². The van der Waals surface area contributed by atoms with Crippen LogP contribution in [0, 0.1) is 5.41 Å². The number of pyridine rings is 1. The van der Waals surface area contributed by atoms with Crippen molar-refractivity contribution in [2.24, 2.45) is 16.1 Å². The fourth-order valence-corrected chi connectivity index (χ4v) is 8.27. The van der Waals surface area contributed by atoms with Gasteiger partial charge in [0.1, 0.15) is 23.6 Å². The van der Waals surface area contributed by atoms with Crippen molar-refractivity contribution in [3.63, 3.8) is 0 Å². The van der Waals surface area contributed by atoms with E-state index in [1.807, 2.05) is 18.7 Å². The molecule has 5 rings (SSSR count). The third-order valence-corrected chi connectivity index (χ3v) is 12.1.